The lowest BCUT2D eigenvalue weighted by Gasteiger charge is -2.16. The average Bonchev–Trinajstić information content (AvgIpc) is 2.87. The second kappa shape index (κ2) is 5.60. The van der Waals surface area contributed by atoms with Crippen LogP contribution >= 0.6 is 0 Å². The lowest BCUT2D eigenvalue weighted by atomic mass is 10.1. The van der Waals surface area contributed by atoms with Gasteiger partial charge in [-0.3, -0.25) is 9.89 Å². The summed E-state index contributed by atoms with van der Waals surface area (Å²) in [5, 5.41) is 6.41. The number of likely N-dealkylation sites (N-methyl/N-ethyl adjacent to an activating group) is 1. The largest absolute Gasteiger partial charge is 0.341 e. The van der Waals surface area contributed by atoms with Crippen LogP contribution in [0.2, 0.25) is 0 Å². The van der Waals surface area contributed by atoms with Crippen molar-refractivity contribution in [2.24, 2.45) is 0 Å². The van der Waals surface area contributed by atoms with Crippen molar-refractivity contribution < 1.29 is 13.6 Å². The number of aromatic nitrogens is 2. The van der Waals surface area contributed by atoms with Crippen LogP contribution < -0.4 is 0 Å². The Labute approximate surface area is 109 Å². The predicted octanol–water partition coefficient (Wildman–Crippen LogP) is 1.89. The molecule has 0 saturated heterocycles. The van der Waals surface area contributed by atoms with Crippen LogP contribution in [-0.4, -0.2) is 28.1 Å². The molecule has 2 aromatic rings. The Kier molecular flexibility index (Phi) is 3.89. The molecule has 0 fully saturated rings. The van der Waals surface area contributed by atoms with Gasteiger partial charge < -0.3 is 4.90 Å². The number of aromatic amines is 1. The smallest absolute Gasteiger partial charge is 0.227 e. The quantitative estimate of drug-likeness (QED) is 0.917. The van der Waals surface area contributed by atoms with Crippen LogP contribution in [0.15, 0.2) is 30.6 Å². The molecule has 1 aromatic carbocycles. The van der Waals surface area contributed by atoms with Crippen LogP contribution in [0.1, 0.15) is 11.1 Å². The summed E-state index contributed by atoms with van der Waals surface area (Å²) >= 11 is 0. The van der Waals surface area contributed by atoms with Gasteiger partial charge in [0.2, 0.25) is 5.91 Å². The van der Waals surface area contributed by atoms with Gasteiger partial charge in [0.15, 0.2) is 11.6 Å². The number of rotatable bonds is 4. The fourth-order valence-electron chi connectivity index (χ4n) is 1.71. The second-order valence-electron chi connectivity index (χ2n) is 4.25. The van der Waals surface area contributed by atoms with Gasteiger partial charge in [-0.1, -0.05) is 12.1 Å². The van der Waals surface area contributed by atoms with Crippen molar-refractivity contribution in [1.82, 2.24) is 15.1 Å². The fraction of sp³-hybridized carbons (Fsp3) is 0.231. The highest BCUT2D eigenvalue weighted by Gasteiger charge is 2.15. The van der Waals surface area contributed by atoms with E-state index in [0.29, 0.717) is 6.54 Å². The van der Waals surface area contributed by atoms with E-state index in [1.54, 1.807) is 19.4 Å². The Bertz CT molecular complexity index is 569. The van der Waals surface area contributed by atoms with Crippen molar-refractivity contribution in [3.63, 3.8) is 0 Å². The third-order valence-electron chi connectivity index (χ3n) is 2.77. The van der Waals surface area contributed by atoms with Gasteiger partial charge in [-0.15, -0.1) is 0 Å². The SMILES string of the molecule is CN(Cc1cn[nH]c1)C(=O)Cc1cccc(F)c1F. The minimum absolute atomic E-state index is 0.0593. The van der Waals surface area contributed by atoms with E-state index in [1.165, 1.54) is 17.0 Å². The molecule has 1 aromatic heterocycles. The maximum absolute atomic E-state index is 13.4. The molecule has 0 aliphatic carbocycles. The predicted molar refractivity (Wildman–Crippen MR) is 65.1 cm³/mol. The number of hydrogen-bond donors (Lipinski definition) is 1. The molecular formula is C13H13F2N3O. The first kappa shape index (κ1) is 13.2. The van der Waals surface area contributed by atoms with E-state index >= 15 is 0 Å². The molecule has 2 rings (SSSR count). The van der Waals surface area contributed by atoms with Crippen molar-refractivity contribution in [3.8, 4) is 0 Å². The topological polar surface area (TPSA) is 49.0 Å². The summed E-state index contributed by atoms with van der Waals surface area (Å²) < 4.78 is 26.5. The average molecular weight is 265 g/mol. The zero-order valence-electron chi connectivity index (χ0n) is 10.4. The minimum Gasteiger partial charge on any atom is -0.341 e. The molecular weight excluding hydrogens is 252 g/mol. The van der Waals surface area contributed by atoms with Crippen LogP contribution in [0.25, 0.3) is 0 Å². The van der Waals surface area contributed by atoms with Gasteiger partial charge in [0.1, 0.15) is 0 Å². The van der Waals surface area contributed by atoms with Gasteiger partial charge in [-0.05, 0) is 6.07 Å². The van der Waals surface area contributed by atoms with Crippen molar-refractivity contribution in [2.45, 2.75) is 13.0 Å². The third-order valence-corrected chi connectivity index (χ3v) is 2.77. The van der Waals surface area contributed by atoms with Gasteiger partial charge in [-0.2, -0.15) is 5.10 Å². The van der Waals surface area contributed by atoms with E-state index in [2.05, 4.69) is 10.2 Å². The van der Waals surface area contributed by atoms with Crippen LogP contribution in [0.4, 0.5) is 8.78 Å². The maximum atomic E-state index is 13.4. The third kappa shape index (κ3) is 3.15. The Morgan fingerprint density at radius 2 is 2.21 bits per heavy atom. The molecule has 0 radical (unpaired) electrons. The highest BCUT2D eigenvalue weighted by Crippen LogP contribution is 2.13. The minimum atomic E-state index is -0.965. The first-order chi connectivity index (χ1) is 9.08. The number of halogens is 2. The summed E-state index contributed by atoms with van der Waals surface area (Å²) in [4.78, 5) is 13.3. The highest BCUT2D eigenvalue weighted by atomic mass is 19.2. The lowest BCUT2D eigenvalue weighted by molar-refractivity contribution is -0.129. The molecule has 0 bridgehead atoms. The number of nitrogens with one attached hydrogen (secondary N) is 1. The number of carbonyl (C=O) groups excluding carboxylic acids is 1. The molecule has 0 atom stereocenters. The molecule has 100 valence electrons. The summed E-state index contributed by atoms with van der Waals surface area (Å²) in [6.45, 7) is 0.367. The van der Waals surface area contributed by atoms with E-state index in [1.807, 2.05) is 0 Å². The van der Waals surface area contributed by atoms with Crippen LogP contribution in [0, 0.1) is 11.6 Å². The first-order valence-corrected chi connectivity index (χ1v) is 5.72. The van der Waals surface area contributed by atoms with Crippen LogP contribution in [0.5, 0.6) is 0 Å². The molecule has 0 unspecified atom stereocenters. The van der Waals surface area contributed by atoms with Crippen molar-refractivity contribution in [3.05, 3.63) is 53.4 Å². The normalized spacial score (nSPS) is 10.5. The number of hydrogen-bond acceptors (Lipinski definition) is 2. The highest BCUT2D eigenvalue weighted by molar-refractivity contribution is 5.78. The van der Waals surface area contributed by atoms with Gasteiger partial charge in [0.05, 0.1) is 12.6 Å². The van der Waals surface area contributed by atoms with E-state index in [4.69, 9.17) is 0 Å². The Morgan fingerprint density at radius 3 is 2.89 bits per heavy atom. The molecule has 19 heavy (non-hydrogen) atoms. The fourth-order valence-corrected chi connectivity index (χ4v) is 1.71. The Hall–Kier alpha value is -2.24. The van der Waals surface area contributed by atoms with Crippen LogP contribution in [0.3, 0.4) is 0 Å². The summed E-state index contributed by atoms with van der Waals surface area (Å²) in [5.41, 5.74) is 0.902. The van der Waals surface area contributed by atoms with Gasteiger partial charge >= 0.3 is 0 Å². The lowest BCUT2D eigenvalue weighted by Crippen LogP contribution is -2.27. The molecule has 1 N–H and O–H groups in total. The van der Waals surface area contributed by atoms with E-state index in [9.17, 15) is 13.6 Å². The number of amides is 1. The zero-order chi connectivity index (χ0) is 13.8. The van der Waals surface area contributed by atoms with Gasteiger partial charge in [0.25, 0.3) is 0 Å². The number of nitrogens with zero attached hydrogens (tertiary/aromatic N) is 2. The Morgan fingerprint density at radius 1 is 1.42 bits per heavy atom. The molecule has 0 saturated carbocycles. The second-order valence-corrected chi connectivity index (χ2v) is 4.25. The number of benzene rings is 1. The summed E-state index contributed by atoms with van der Waals surface area (Å²) in [5.74, 6) is -2.19. The van der Waals surface area contributed by atoms with Gasteiger partial charge in [0, 0.05) is 30.9 Å². The van der Waals surface area contributed by atoms with Gasteiger partial charge in [-0.25, -0.2) is 8.78 Å². The first-order valence-electron chi connectivity index (χ1n) is 5.72. The van der Waals surface area contributed by atoms with E-state index in [0.717, 1.165) is 11.6 Å². The van der Waals surface area contributed by atoms with Crippen molar-refractivity contribution >= 4 is 5.91 Å². The molecule has 0 spiro atoms. The zero-order valence-corrected chi connectivity index (χ0v) is 10.4. The molecule has 0 aliphatic rings. The Balaban J connectivity index is 2.02. The summed E-state index contributed by atoms with van der Waals surface area (Å²) in [6.07, 6.45) is 3.11. The van der Waals surface area contributed by atoms with Crippen molar-refractivity contribution in [1.29, 1.82) is 0 Å². The molecule has 4 nitrogen and oxygen atoms in total. The van der Waals surface area contributed by atoms with Crippen LogP contribution in [-0.2, 0) is 17.8 Å². The summed E-state index contributed by atoms with van der Waals surface area (Å²) in [7, 11) is 1.60. The maximum Gasteiger partial charge on any atom is 0.227 e. The van der Waals surface area contributed by atoms with E-state index < -0.39 is 11.6 Å². The molecule has 1 amide bonds. The molecule has 6 heteroatoms. The molecule has 0 aliphatic heterocycles. The van der Waals surface area contributed by atoms with Crippen molar-refractivity contribution in [2.75, 3.05) is 7.05 Å². The van der Waals surface area contributed by atoms with E-state index in [-0.39, 0.29) is 17.9 Å². The monoisotopic (exact) mass is 265 g/mol. The summed E-state index contributed by atoms with van der Waals surface area (Å²) in [6, 6.07) is 3.82. The molecule has 1 heterocycles. The number of H-pyrrole nitrogens is 1. The standard InChI is InChI=1S/C13H13F2N3O/c1-18(8-9-6-16-17-7-9)12(19)5-10-3-2-4-11(14)13(10)15/h2-4,6-7H,5,8H2,1H3,(H,16,17). The number of carbonyl (C=O) groups is 1.